The van der Waals surface area contributed by atoms with Crippen molar-refractivity contribution in [3.05, 3.63) is 82.2 Å². The van der Waals surface area contributed by atoms with Crippen LogP contribution < -0.4 is 0 Å². The minimum absolute atomic E-state index is 0.0390. The molecule has 3 aromatic heterocycles. The Labute approximate surface area is 221 Å². The second-order valence-electron chi connectivity index (χ2n) is 10.2. The highest BCUT2D eigenvalue weighted by molar-refractivity contribution is 6.02. The largest absolute Gasteiger partial charge is 0.453 e. The van der Waals surface area contributed by atoms with Crippen LogP contribution in [-0.4, -0.2) is 59.1 Å². The van der Waals surface area contributed by atoms with Crippen molar-refractivity contribution in [2.24, 2.45) is 0 Å². The maximum atomic E-state index is 13.9. The monoisotopic (exact) mass is 537 g/mol. The van der Waals surface area contributed by atoms with Gasteiger partial charge in [0.1, 0.15) is 5.82 Å². The van der Waals surface area contributed by atoms with Gasteiger partial charge in [-0.15, -0.1) is 5.10 Å². The highest BCUT2D eigenvalue weighted by Gasteiger charge is 2.38. The van der Waals surface area contributed by atoms with Gasteiger partial charge in [-0.3, -0.25) is 9.59 Å². The number of amides is 2. The highest BCUT2D eigenvalue weighted by Crippen LogP contribution is 2.30. The van der Waals surface area contributed by atoms with Crippen LogP contribution in [0.1, 0.15) is 69.0 Å². The summed E-state index contributed by atoms with van der Waals surface area (Å²) < 4.78 is 42.2. The van der Waals surface area contributed by atoms with Crippen molar-refractivity contribution >= 4 is 17.3 Å². The minimum Gasteiger partial charge on any atom is -0.334 e. The highest BCUT2D eigenvalue weighted by atomic mass is 19.4. The van der Waals surface area contributed by atoms with Gasteiger partial charge in [0.05, 0.1) is 29.9 Å². The fourth-order valence-corrected chi connectivity index (χ4v) is 5.35. The van der Waals surface area contributed by atoms with Gasteiger partial charge in [0.25, 0.3) is 17.6 Å². The lowest BCUT2D eigenvalue weighted by atomic mass is 9.93. The predicted molar refractivity (Wildman–Crippen MR) is 134 cm³/mol. The van der Waals surface area contributed by atoms with Crippen molar-refractivity contribution < 1.29 is 22.8 Å². The van der Waals surface area contributed by atoms with E-state index in [4.69, 9.17) is 0 Å². The molecule has 0 bridgehead atoms. The van der Waals surface area contributed by atoms with E-state index in [-0.39, 0.29) is 49.7 Å². The van der Waals surface area contributed by atoms with Crippen LogP contribution >= 0.6 is 0 Å². The number of aromatic nitrogens is 5. The number of carbonyl (C=O) groups excluding carboxylic acids is 2. The van der Waals surface area contributed by atoms with E-state index in [9.17, 15) is 22.8 Å². The molecule has 4 aromatic rings. The van der Waals surface area contributed by atoms with Gasteiger partial charge in [-0.05, 0) is 41.7 Å². The number of fused-ring (bicyclic) bond motifs is 3. The van der Waals surface area contributed by atoms with Crippen LogP contribution in [0.15, 0.2) is 42.6 Å². The summed E-state index contributed by atoms with van der Waals surface area (Å²) in [5, 5.41) is 8.18. The third kappa shape index (κ3) is 4.33. The topological polar surface area (TPSA) is 88.6 Å². The molecule has 39 heavy (non-hydrogen) atoms. The normalized spacial score (nSPS) is 15.5. The van der Waals surface area contributed by atoms with E-state index in [1.165, 1.54) is 9.58 Å². The third-order valence-corrected chi connectivity index (χ3v) is 7.32. The lowest BCUT2D eigenvalue weighted by Crippen LogP contribution is -2.41. The minimum atomic E-state index is -4.65. The fourth-order valence-electron chi connectivity index (χ4n) is 5.35. The second-order valence-corrected chi connectivity index (χ2v) is 10.2. The SMILES string of the molecule is CC(C)c1nn2ccccc2c1C(=O)N1CCc2cccc(C(=O)N3CCn4nc(C(F)(F)F)nc4C3)c2C1. The van der Waals surface area contributed by atoms with Crippen molar-refractivity contribution in [2.45, 2.75) is 52.0 Å². The molecule has 0 spiro atoms. The predicted octanol–water partition coefficient (Wildman–Crippen LogP) is 3.92. The number of hydrogen-bond acceptors (Lipinski definition) is 5. The van der Waals surface area contributed by atoms with Crippen molar-refractivity contribution in [3.63, 3.8) is 0 Å². The van der Waals surface area contributed by atoms with E-state index in [1.54, 1.807) is 21.5 Å². The van der Waals surface area contributed by atoms with Crippen LogP contribution in [0, 0.1) is 0 Å². The first-order chi connectivity index (χ1) is 18.6. The Morgan fingerprint density at radius 2 is 1.72 bits per heavy atom. The zero-order valence-electron chi connectivity index (χ0n) is 21.4. The summed E-state index contributed by atoms with van der Waals surface area (Å²) in [6.45, 7) is 5.00. The number of pyridine rings is 1. The molecule has 5 heterocycles. The summed E-state index contributed by atoms with van der Waals surface area (Å²) in [4.78, 5) is 34.4. The van der Waals surface area contributed by atoms with Crippen LogP contribution in [0.3, 0.4) is 0 Å². The molecule has 1 aromatic carbocycles. The number of carbonyl (C=O) groups is 2. The van der Waals surface area contributed by atoms with Crippen LogP contribution in [0.2, 0.25) is 0 Å². The summed E-state index contributed by atoms with van der Waals surface area (Å²) in [6, 6.07) is 11.1. The van der Waals surface area contributed by atoms with Crippen molar-refractivity contribution in [2.75, 3.05) is 13.1 Å². The molecule has 0 fully saturated rings. The van der Waals surface area contributed by atoms with Crippen molar-refractivity contribution in [3.8, 4) is 0 Å². The van der Waals surface area contributed by atoms with Crippen LogP contribution in [-0.2, 0) is 32.2 Å². The summed E-state index contributed by atoms with van der Waals surface area (Å²) in [5.41, 5.74) is 4.20. The van der Waals surface area contributed by atoms with Crippen molar-refractivity contribution in [1.29, 1.82) is 0 Å². The van der Waals surface area contributed by atoms with Crippen molar-refractivity contribution in [1.82, 2.24) is 34.2 Å². The summed E-state index contributed by atoms with van der Waals surface area (Å²) in [6.07, 6.45) is -2.25. The van der Waals surface area contributed by atoms with E-state index < -0.39 is 12.0 Å². The standard InChI is InChI=1S/C27H26F3N7O2/c1-16(2)23-22(20-8-3-4-10-36(20)32-23)25(39)34-11-9-17-6-5-7-18(19(17)14-34)24(38)35-12-13-37-21(15-35)31-26(33-37)27(28,29)30/h3-8,10,16H,9,11-15H2,1-2H3. The molecule has 0 aliphatic carbocycles. The van der Waals surface area contributed by atoms with Gasteiger partial charge in [0, 0.05) is 31.4 Å². The van der Waals surface area contributed by atoms with E-state index in [1.807, 2.05) is 44.3 Å². The average molecular weight is 538 g/mol. The van der Waals surface area contributed by atoms with Crippen LogP contribution in [0.5, 0.6) is 0 Å². The van der Waals surface area contributed by atoms with Gasteiger partial charge < -0.3 is 9.80 Å². The number of halogens is 3. The van der Waals surface area contributed by atoms with E-state index in [0.29, 0.717) is 24.1 Å². The van der Waals surface area contributed by atoms with Gasteiger partial charge in [-0.1, -0.05) is 32.0 Å². The van der Waals surface area contributed by atoms with Gasteiger partial charge in [0.15, 0.2) is 0 Å². The van der Waals surface area contributed by atoms with E-state index in [2.05, 4.69) is 15.2 Å². The zero-order valence-corrected chi connectivity index (χ0v) is 21.4. The molecule has 202 valence electrons. The average Bonchev–Trinajstić information content (AvgIpc) is 3.53. The Morgan fingerprint density at radius 1 is 0.923 bits per heavy atom. The van der Waals surface area contributed by atoms with Gasteiger partial charge in [-0.2, -0.15) is 18.3 Å². The lowest BCUT2D eigenvalue weighted by Gasteiger charge is -2.32. The van der Waals surface area contributed by atoms with Crippen LogP contribution in [0.25, 0.3) is 5.52 Å². The number of rotatable bonds is 3. The molecular weight excluding hydrogens is 511 g/mol. The summed E-state index contributed by atoms with van der Waals surface area (Å²) in [7, 11) is 0. The Balaban J connectivity index is 1.29. The Kier molecular flexibility index (Phi) is 5.92. The molecule has 0 atom stereocenters. The fraction of sp³-hybridized carbons (Fsp3) is 0.370. The molecule has 0 radical (unpaired) electrons. The maximum Gasteiger partial charge on any atom is 0.453 e. The first-order valence-electron chi connectivity index (χ1n) is 12.8. The molecule has 9 nitrogen and oxygen atoms in total. The molecule has 12 heteroatoms. The van der Waals surface area contributed by atoms with Gasteiger partial charge in [0.2, 0.25) is 0 Å². The summed E-state index contributed by atoms with van der Waals surface area (Å²) >= 11 is 0. The molecule has 6 rings (SSSR count). The molecule has 0 unspecified atom stereocenters. The molecule has 2 aliphatic heterocycles. The number of alkyl halides is 3. The zero-order chi connectivity index (χ0) is 27.5. The third-order valence-electron chi connectivity index (χ3n) is 7.32. The molecule has 0 saturated heterocycles. The Hall–Kier alpha value is -4.22. The molecule has 2 amide bonds. The van der Waals surface area contributed by atoms with E-state index in [0.717, 1.165) is 22.3 Å². The smallest absolute Gasteiger partial charge is 0.334 e. The second kappa shape index (κ2) is 9.21. The van der Waals surface area contributed by atoms with Gasteiger partial charge >= 0.3 is 6.18 Å². The lowest BCUT2D eigenvalue weighted by molar-refractivity contribution is -0.145. The molecule has 0 N–H and O–H groups in total. The number of nitrogens with zero attached hydrogens (tertiary/aromatic N) is 7. The molecular formula is C27H26F3N7O2. The summed E-state index contributed by atoms with van der Waals surface area (Å²) in [5.74, 6) is -1.51. The first-order valence-corrected chi connectivity index (χ1v) is 12.8. The number of benzene rings is 1. The van der Waals surface area contributed by atoms with E-state index >= 15 is 0 Å². The van der Waals surface area contributed by atoms with Gasteiger partial charge in [-0.25, -0.2) is 14.2 Å². The quantitative estimate of drug-likeness (QED) is 0.395. The molecule has 0 saturated carbocycles. The molecule has 2 aliphatic rings. The first kappa shape index (κ1) is 25.1. The Bertz CT molecular complexity index is 1600. The Morgan fingerprint density at radius 3 is 2.49 bits per heavy atom. The van der Waals surface area contributed by atoms with Crippen LogP contribution in [0.4, 0.5) is 13.2 Å². The maximum absolute atomic E-state index is 13.9. The number of hydrogen-bond donors (Lipinski definition) is 0.